The molecule has 158 valence electrons. The average Bonchev–Trinajstić information content (AvgIpc) is 3.43. The van der Waals surface area contributed by atoms with E-state index in [4.69, 9.17) is 0 Å². The fourth-order valence-electron chi connectivity index (χ4n) is 2.74. The highest BCUT2D eigenvalue weighted by Gasteiger charge is 2.08. The Kier molecular flexibility index (Phi) is 8.52. The Balaban J connectivity index is 1.48. The van der Waals surface area contributed by atoms with Crippen LogP contribution in [0.4, 0.5) is 0 Å². The van der Waals surface area contributed by atoms with Crippen LogP contribution in [-0.4, -0.2) is 50.6 Å². The molecular weight excluding hydrogens is 398 g/mol. The van der Waals surface area contributed by atoms with Crippen LogP contribution in [0.15, 0.2) is 54.2 Å². The Labute approximate surface area is 180 Å². The topological polar surface area (TPSA) is 111 Å². The first-order chi connectivity index (χ1) is 14.7. The summed E-state index contributed by atoms with van der Waals surface area (Å²) in [5.41, 5.74) is 3.79. The molecule has 0 spiro atoms. The first-order valence-corrected chi connectivity index (χ1v) is 11.1. The number of benzene rings is 1. The number of hydrogen-bond donors (Lipinski definition) is 4. The normalized spacial score (nSPS) is 11.4. The number of nitrogens with zero attached hydrogens (tertiary/aromatic N) is 3. The van der Waals surface area contributed by atoms with Crippen LogP contribution in [0.25, 0.3) is 0 Å². The number of aryl methyl sites for hydroxylation is 2. The van der Waals surface area contributed by atoms with Gasteiger partial charge in [-0.15, -0.1) is 0 Å². The second kappa shape index (κ2) is 11.8. The molecule has 3 aromatic rings. The quantitative estimate of drug-likeness (QED) is 0.227. The average molecular weight is 426 g/mol. The highest BCUT2D eigenvalue weighted by atomic mass is 32.2. The van der Waals surface area contributed by atoms with Crippen molar-refractivity contribution in [1.29, 1.82) is 0 Å². The predicted molar refractivity (Wildman–Crippen MR) is 121 cm³/mol. The van der Waals surface area contributed by atoms with Gasteiger partial charge in [-0.1, -0.05) is 18.2 Å². The molecule has 1 aromatic carbocycles. The van der Waals surface area contributed by atoms with Crippen LogP contribution >= 0.6 is 11.8 Å². The van der Waals surface area contributed by atoms with Gasteiger partial charge in [0.1, 0.15) is 0 Å². The minimum absolute atomic E-state index is 0.172. The lowest BCUT2D eigenvalue weighted by Gasteiger charge is -2.11. The van der Waals surface area contributed by atoms with Crippen molar-refractivity contribution in [2.24, 2.45) is 4.99 Å². The molecule has 0 aliphatic carbocycles. The Morgan fingerprint density at radius 2 is 2.07 bits per heavy atom. The van der Waals surface area contributed by atoms with Gasteiger partial charge in [-0.3, -0.25) is 15.1 Å². The summed E-state index contributed by atoms with van der Waals surface area (Å²) in [5, 5.41) is 6.14. The Morgan fingerprint density at radius 3 is 2.80 bits per heavy atom. The SMILES string of the molecule is Cc1[nH]cnc1CSCCN=C(NCCCc1c[nH]cn1)NC(=O)c1ccccc1. The number of aromatic nitrogens is 4. The number of carbonyl (C=O) groups excluding carboxylic acids is 1. The van der Waals surface area contributed by atoms with Gasteiger partial charge in [-0.2, -0.15) is 11.8 Å². The highest BCUT2D eigenvalue weighted by molar-refractivity contribution is 7.98. The molecule has 0 saturated carbocycles. The van der Waals surface area contributed by atoms with Gasteiger partial charge >= 0.3 is 0 Å². The number of aliphatic imine (C=N–C) groups is 1. The minimum atomic E-state index is -0.172. The molecule has 2 heterocycles. The lowest BCUT2D eigenvalue weighted by atomic mass is 10.2. The third kappa shape index (κ3) is 7.07. The maximum Gasteiger partial charge on any atom is 0.257 e. The van der Waals surface area contributed by atoms with Crippen molar-refractivity contribution in [2.45, 2.75) is 25.5 Å². The van der Waals surface area contributed by atoms with Gasteiger partial charge in [-0.25, -0.2) is 9.97 Å². The van der Waals surface area contributed by atoms with E-state index in [9.17, 15) is 4.79 Å². The first kappa shape index (κ1) is 21.6. The lowest BCUT2D eigenvalue weighted by Crippen LogP contribution is -2.41. The van der Waals surface area contributed by atoms with E-state index in [2.05, 4.69) is 35.6 Å². The van der Waals surface area contributed by atoms with Gasteiger partial charge in [0.05, 0.1) is 30.6 Å². The highest BCUT2D eigenvalue weighted by Crippen LogP contribution is 2.12. The van der Waals surface area contributed by atoms with Crippen LogP contribution in [0.3, 0.4) is 0 Å². The van der Waals surface area contributed by atoms with Crippen molar-refractivity contribution >= 4 is 23.6 Å². The third-order valence-electron chi connectivity index (χ3n) is 4.40. The second-order valence-electron chi connectivity index (χ2n) is 6.67. The second-order valence-corrected chi connectivity index (χ2v) is 7.77. The number of aromatic amines is 2. The molecule has 9 heteroatoms. The fourth-order valence-corrected chi connectivity index (χ4v) is 3.59. The Bertz CT molecular complexity index is 922. The zero-order valence-corrected chi connectivity index (χ0v) is 17.8. The van der Waals surface area contributed by atoms with Gasteiger partial charge in [0.15, 0.2) is 5.96 Å². The molecule has 1 amide bonds. The number of thioether (sulfide) groups is 1. The first-order valence-electron chi connectivity index (χ1n) is 9.91. The smallest absolute Gasteiger partial charge is 0.257 e. The molecule has 30 heavy (non-hydrogen) atoms. The van der Waals surface area contributed by atoms with E-state index in [1.807, 2.05) is 31.3 Å². The van der Waals surface area contributed by atoms with Crippen molar-refractivity contribution in [2.75, 3.05) is 18.8 Å². The van der Waals surface area contributed by atoms with Crippen molar-refractivity contribution in [3.63, 3.8) is 0 Å². The summed E-state index contributed by atoms with van der Waals surface area (Å²) in [7, 11) is 0. The van der Waals surface area contributed by atoms with E-state index in [0.29, 0.717) is 24.6 Å². The molecule has 0 atom stereocenters. The van der Waals surface area contributed by atoms with Crippen LogP contribution in [-0.2, 0) is 12.2 Å². The molecule has 8 nitrogen and oxygen atoms in total. The molecule has 0 fully saturated rings. The van der Waals surface area contributed by atoms with Gasteiger partial charge in [0.25, 0.3) is 5.91 Å². The summed E-state index contributed by atoms with van der Waals surface area (Å²) in [6, 6.07) is 9.14. The maximum atomic E-state index is 12.5. The van der Waals surface area contributed by atoms with E-state index >= 15 is 0 Å². The number of guanidine groups is 1. The summed E-state index contributed by atoms with van der Waals surface area (Å²) < 4.78 is 0. The number of nitrogens with one attached hydrogen (secondary N) is 4. The molecule has 4 N–H and O–H groups in total. The molecule has 3 rings (SSSR count). The summed E-state index contributed by atoms with van der Waals surface area (Å²) in [5.74, 6) is 2.01. The van der Waals surface area contributed by atoms with Gasteiger partial charge < -0.3 is 15.3 Å². The Hall–Kier alpha value is -3.07. The van der Waals surface area contributed by atoms with Crippen LogP contribution in [0.1, 0.15) is 33.9 Å². The maximum absolute atomic E-state index is 12.5. The largest absolute Gasteiger partial charge is 0.356 e. The van der Waals surface area contributed by atoms with Gasteiger partial charge in [-0.05, 0) is 31.9 Å². The summed E-state index contributed by atoms with van der Waals surface area (Å²) in [6.45, 7) is 3.32. The number of carbonyl (C=O) groups is 1. The number of hydrogen-bond acceptors (Lipinski definition) is 5. The van der Waals surface area contributed by atoms with Gasteiger partial charge in [0, 0.05) is 35.5 Å². The van der Waals surface area contributed by atoms with Crippen molar-refractivity contribution in [3.8, 4) is 0 Å². The number of H-pyrrole nitrogens is 2. The van der Waals surface area contributed by atoms with Crippen molar-refractivity contribution in [1.82, 2.24) is 30.6 Å². The van der Waals surface area contributed by atoms with Crippen LogP contribution in [0.2, 0.25) is 0 Å². The predicted octanol–water partition coefficient (Wildman–Crippen LogP) is 2.68. The summed E-state index contributed by atoms with van der Waals surface area (Å²) >= 11 is 1.77. The molecule has 0 aliphatic heterocycles. The van der Waals surface area contributed by atoms with Crippen LogP contribution in [0, 0.1) is 6.92 Å². The number of amides is 1. The summed E-state index contributed by atoms with van der Waals surface area (Å²) in [6.07, 6.45) is 7.03. The molecular formula is C21H27N7OS. The van der Waals surface area contributed by atoms with Crippen molar-refractivity contribution < 1.29 is 4.79 Å². The summed E-state index contributed by atoms with van der Waals surface area (Å²) in [4.78, 5) is 31.6. The molecule has 2 aromatic heterocycles. The fraction of sp³-hybridized carbons (Fsp3) is 0.333. The monoisotopic (exact) mass is 425 g/mol. The zero-order chi connectivity index (χ0) is 21.0. The lowest BCUT2D eigenvalue weighted by molar-refractivity contribution is 0.0975. The minimum Gasteiger partial charge on any atom is -0.356 e. The van der Waals surface area contributed by atoms with Crippen LogP contribution < -0.4 is 10.6 Å². The Morgan fingerprint density at radius 1 is 1.20 bits per heavy atom. The third-order valence-corrected chi connectivity index (χ3v) is 5.35. The molecule has 0 aliphatic rings. The molecule has 0 radical (unpaired) electrons. The van der Waals surface area contributed by atoms with Gasteiger partial charge in [0.2, 0.25) is 0 Å². The zero-order valence-electron chi connectivity index (χ0n) is 17.0. The molecule has 0 bridgehead atoms. The van der Waals surface area contributed by atoms with Crippen molar-refractivity contribution in [3.05, 3.63) is 71.8 Å². The van der Waals surface area contributed by atoms with Crippen LogP contribution in [0.5, 0.6) is 0 Å². The van der Waals surface area contributed by atoms with E-state index in [-0.39, 0.29) is 5.91 Å². The van der Waals surface area contributed by atoms with E-state index in [0.717, 1.165) is 41.4 Å². The van der Waals surface area contributed by atoms with E-state index in [1.165, 1.54) is 0 Å². The molecule has 0 unspecified atom stereocenters. The standard InChI is InChI=1S/C21H27N7OS/c1-16-19(27-15-25-16)13-30-11-10-24-21(23-9-5-8-18-12-22-14-26-18)28-20(29)17-6-3-2-4-7-17/h2-4,6-7,12,14-15H,5,8-11,13H2,1H3,(H,22,26)(H,25,27)(H2,23,24,28,29). The molecule has 0 saturated heterocycles. The van der Waals surface area contributed by atoms with E-state index in [1.54, 1.807) is 36.5 Å². The number of rotatable bonds is 10. The van der Waals surface area contributed by atoms with E-state index < -0.39 is 0 Å². The number of imidazole rings is 2.